The van der Waals surface area contributed by atoms with Crippen molar-refractivity contribution in [3.05, 3.63) is 87.9 Å². The van der Waals surface area contributed by atoms with Crippen molar-refractivity contribution in [2.45, 2.75) is 84.7 Å². The zero-order valence-electron chi connectivity index (χ0n) is 37.2. The molecule has 22 heteroatoms. The topological polar surface area (TPSA) is 213 Å². The van der Waals surface area contributed by atoms with Gasteiger partial charge in [0.1, 0.15) is 42.0 Å². The molecular weight excluding hydrogens is 919 g/mol. The lowest BCUT2D eigenvalue weighted by atomic mass is 9.85. The number of alkyl halides is 3. The number of nitrogens with zero attached hydrogens (tertiary/aromatic N) is 6. The predicted octanol–water partition coefficient (Wildman–Crippen LogP) is 5.79. The zero-order valence-corrected chi connectivity index (χ0v) is 38.9. The first-order valence-corrected chi connectivity index (χ1v) is 22.1. The number of nitrogens with two attached hydrogens (primary N) is 1. The van der Waals surface area contributed by atoms with E-state index in [1.165, 1.54) is 30.9 Å². The summed E-state index contributed by atoms with van der Waals surface area (Å²) in [5.74, 6) is -5.42. The van der Waals surface area contributed by atoms with Crippen LogP contribution in [0.4, 0.5) is 28.9 Å². The minimum atomic E-state index is -5.27. The van der Waals surface area contributed by atoms with E-state index in [-0.39, 0.29) is 42.8 Å². The standard InChI is InChI=1S/C45H47F4N9O7S2/c1-24-35(67-23-54-24)26-11-9-25(10-12-26)20-52-38(61)31-8-7-15-56(31)40(62)36(43(2,3)4)55-32(59)22-64-16-17-65-39-29(37(51)60)18-28(21-53-39)58-42(66)57(41(63)44(58,5)6)30-14-13-27(19-50)33(34(30)46)45(47,48)49/h9-14,18,21,23,31,36H,7-8,15-17,20,22H2,1-6H3,(H2,51,60)(H,52,61)(H,55,59). The lowest BCUT2D eigenvalue weighted by Gasteiger charge is -2.35. The Hall–Kier alpha value is -6.57. The van der Waals surface area contributed by atoms with E-state index in [1.54, 1.807) is 37.6 Å². The summed E-state index contributed by atoms with van der Waals surface area (Å²) in [6.07, 6.45) is -3.05. The lowest BCUT2D eigenvalue weighted by molar-refractivity contribution is -0.144. The Labute approximate surface area is 392 Å². The third-order valence-electron chi connectivity index (χ3n) is 11.2. The molecule has 2 aromatic carbocycles. The summed E-state index contributed by atoms with van der Waals surface area (Å²) in [6, 6.07) is 10.1. The number of carbonyl (C=O) groups is 5. The molecule has 354 valence electrons. The van der Waals surface area contributed by atoms with Crippen LogP contribution in [-0.2, 0) is 36.6 Å². The normalized spacial score (nSPS) is 16.5. The summed E-state index contributed by atoms with van der Waals surface area (Å²) in [4.78, 5) is 79.5. The number of carbonyl (C=O) groups excluding carboxylic acids is 5. The Morgan fingerprint density at radius 3 is 2.40 bits per heavy atom. The van der Waals surface area contributed by atoms with Crippen molar-refractivity contribution in [3.63, 3.8) is 0 Å². The van der Waals surface area contributed by atoms with Crippen molar-refractivity contribution in [2.75, 3.05) is 36.2 Å². The van der Waals surface area contributed by atoms with Gasteiger partial charge >= 0.3 is 6.18 Å². The minimum Gasteiger partial charge on any atom is -0.475 e. The number of nitriles is 1. The molecule has 0 spiro atoms. The molecule has 4 aromatic rings. The van der Waals surface area contributed by atoms with Gasteiger partial charge in [-0.2, -0.15) is 18.4 Å². The number of thiocarbonyl (C=S) groups is 1. The van der Waals surface area contributed by atoms with E-state index in [0.29, 0.717) is 24.3 Å². The number of anilines is 2. The summed E-state index contributed by atoms with van der Waals surface area (Å²) in [5.41, 5.74) is 3.88. The number of benzene rings is 2. The largest absolute Gasteiger partial charge is 0.475 e. The van der Waals surface area contributed by atoms with Crippen LogP contribution in [0, 0.1) is 29.5 Å². The number of pyridine rings is 1. The molecule has 0 aliphatic carbocycles. The number of rotatable bonds is 15. The van der Waals surface area contributed by atoms with Crippen LogP contribution >= 0.6 is 23.6 Å². The number of aryl methyl sites for hydroxylation is 1. The van der Waals surface area contributed by atoms with Gasteiger partial charge in [-0.25, -0.2) is 14.4 Å². The molecule has 5 amide bonds. The first-order chi connectivity index (χ1) is 31.5. The Morgan fingerprint density at radius 2 is 1.79 bits per heavy atom. The molecular formula is C45H47F4N9O7S2. The van der Waals surface area contributed by atoms with Crippen LogP contribution in [0.2, 0.25) is 0 Å². The van der Waals surface area contributed by atoms with Gasteiger partial charge in [-0.3, -0.25) is 28.9 Å². The number of halogens is 4. The van der Waals surface area contributed by atoms with Crippen LogP contribution in [0.5, 0.6) is 5.88 Å². The first kappa shape index (κ1) is 49.9. The summed E-state index contributed by atoms with van der Waals surface area (Å²) in [5, 5.41) is 14.4. The van der Waals surface area contributed by atoms with E-state index >= 15 is 4.39 Å². The highest BCUT2D eigenvalue weighted by atomic mass is 32.1. The average Bonchev–Trinajstić information content (AvgIpc) is 3.97. The molecule has 0 bridgehead atoms. The van der Waals surface area contributed by atoms with E-state index in [4.69, 9.17) is 27.4 Å². The second-order valence-corrected chi connectivity index (χ2v) is 18.5. The van der Waals surface area contributed by atoms with E-state index in [9.17, 15) is 42.4 Å². The number of aromatic nitrogens is 2. The maximum Gasteiger partial charge on any atom is 0.420 e. The third kappa shape index (κ3) is 10.5. The van der Waals surface area contributed by atoms with Crippen LogP contribution in [0.3, 0.4) is 0 Å². The number of amides is 5. The number of primary amides is 1. The van der Waals surface area contributed by atoms with Gasteiger partial charge in [0, 0.05) is 13.1 Å². The quantitative estimate of drug-likeness (QED) is 0.0734. The number of nitrogens with one attached hydrogen (secondary N) is 2. The molecule has 6 rings (SSSR count). The summed E-state index contributed by atoms with van der Waals surface area (Å²) >= 11 is 7.02. The van der Waals surface area contributed by atoms with Crippen molar-refractivity contribution in [1.29, 1.82) is 5.26 Å². The summed E-state index contributed by atoms with van der Waals surface area (Å²) < 4.78 is 68.0. The Bertz CT molecular complexity index is 2650. The number of hydrogen-bond donors (Lipinski definition) is 3. The lowest BCUT2D eigenvalue weighted by Crippen LogP contribution is -2.58. The van der Waals surface area contributed by atoms with Crippen molar-refractivity contribution in [2.24, 2.45) is 11.1 Å². The second kappa shape index (κ2) is 19.7. The molecule has 2 aliphatic heterocycles. The first-order valence-electron chi connectivity index (χ1n) is 20.8. The van der Waals surface area contributed by atoms with Crippen molar-refractivity contribution >= 4 is 69.6 Å². The Kier molecular flexibility index (Phi) is 14.7. The molecule has 0 radical (unpaired) electrons. The predicted molar refractivity (Wildman–Crippen MR) is 242 cm³/mol. The molecule has 2 saturated heterocycles. The Morgan fingerprint density at radius 1 is 1.09 bits per heavy atom. The van der Waals surface area contributed by atoms with Crippen molar-refractivity contribution in [1.82, 2.24) is 25.5 Å². The van der Waals surface area contributed by atoms with Crippen molar-refractivity contribution in [3.8, 4) is 22.4 Å². The van der Waals surface area contributed by atoms with E-state index in [0.717, 1.165) is 44.9 Å². The highest BCUT2D eigenvalue weighted by molar-refractivity contribution is 7.81. The minimum absolute atomic E-state index is 0.0157. The molecule has 67 heavy (non-hydrogen) atoms. The van der Waals surface area contributed by atoms with Crippen molar-refractivity contribution < 1.29 is 51.0 Å². The number of ether oxygens (including phenoxy) is 2. The number of likely N-dealkylation sites (tertiary alicyclic amines) is 1. The van der Waals surface area contributed by atoms with Gasteiger partial charge in [-0.05, 0) is 80.6 Å². The van der Waals surface area contributed by atoms with Gasteiger partial charge in [-0.1, -0.05) is 45.0 Å². The number of hydrogen-bond acceptors (Lipinski definition) is 12. The smallest absolute Gasteiger partial charge is 0.420 e. The van der Waals surface area contributed by atoms with Crippen LogP contribution in [0.25, 0.3) is 10.4 Å². The van der Waals surface area contributed by atoms with E-state index < -0.39 is 87.2 Å². The third-order valence-corrected chi connectivity index (χ3v) is 12.5. The fraction of sp³-hybridized carbons (Fsp3) is 0.400. The fourth-order valence-electron chi connectivity index (χ4n) is 7.75. The number of thiazole rings is 1. The highest BCUT2D eigenvalue weighted by Gasteiger charge is 2.52. The Balaban J connectivity index is 1.04. The summed E-state index contributed by atoms with van der Waals surface area (Å²) in [7, 11) is 0. The molecule has 2 aromatic heterocycles. The van der Waals surface area contributed by atoms with Crippen LogP contribution in [0.15, 0.2) is 54.2 Å². The molecule has 2 atom stereocenters. The maximum absolute atomic E-state index is 15.5. The molecule has 2 fully saturated rings. The van der Waals surface area contributed by atoms with Gasteiger partial charge < -0.3 is 35.6 Å². The molecule has 4 heterocycles. The van der Waals surface area contributed by atoms with E-state index in [1.807, 2.05) is 31.2 Å². The van der Waals surface area contributed by atoms with Gasteiger partial charge in [0.05, 0.1) is 51.9 Å². The maximum atomic E-state index is 15.5. The van der Waals surface area contributed by atoms with Gasteiger partial charge in [-0.15, -0.1) is 11.3 Å². The van der Waals surface area contributed by atoms with Crippen LogP contribution < -0.4 is 30.9 Å². The SMILES string of the molecule is Cc1ncsc1-c1ccc(CNC(=O)C2CCCN2C(=O)C(NC(=O)COCCOc2ncc(N3C(=S)N(c4ccc(C#N)c(C(F)(F)F)c4F)C(=O)C3(C)C)cc2C(N)=O)C(C)(C)C)cc1. The van der Waals surface area contributed by atoms with E-state index in [2.05, 4.69) is 20.6 Å². The second-order valence-electron chi connectivity index (χ2n) is 17.3. The fourth-order valence-corrected chi connectivity index (χ4v) is 9.07. The molecule has 16 nitrogen and oxygen atoms in total. The zero-order chi connectivity index (χ0) is 49.2. The summed E-state index contributed by atoms with van der Waals surface area (Å²) in [6.45, 7) is 9.71. The van der Waals surface area contributed by atoms with Gasteiger partial charge in [0.25, 0.3) is 11.8 Å². The highest BCUT2D eigenvalue weighted by Crippen LogP contribution is 2.42. The molecule has 4 N–H and O–H groups in total. The van der Waals surface area contributed by atoms with Gasteiger partial charge in [0.15, 0.2) is 10.9 Å². The molecule has 2 aliphatic rings. The van der Waals surface area contributed by atoms with Gasteiger partial charge in [0.2, 0.25) is 23.6 Å². The molecule has 2 unspecified atom stereocenters. The van der Waals surface area contributed by atoms with Crippen LogP contribution in [-0.4, -0.2) is 93.5 Å². The molecule has 0 saturated carbocycles. The average molecular weight is 966 g/mol. The van der Waals surface area contributed by atoms with Crippen LogP contribution in [0.1, 0.15) is 80.2 Å². The monoisotopic (exact) mass is 965 g/mol.